The fourth-order valence-corrected chi connectivity index (χ4v) is 21.5. The van der Waals surface area contributed by atoms with E-state index < -0.39 is 11.5 Å². The Morgan fingerprint density at radius 2 is 0.862 bits per heavy atom. The summed E-state index contributed by atoms with van der Waals surface area (Å²) < 4.78 is 0. The standard InChI is InChI=1S/C25H21P2Se2/c28-26(22-13-5-1-6-14-22,23-15-7-2-8-16-23)21-27(29,24-17-9-3-10-18-24)25-19-11-4-12-20-25/h1-21H. The van der Waals surface area contributed by atoms with Crippen LogP contribution in [0.2, 0.25) is 0 Å². The fourth-order valence-electron chi connectivity index (χ4n) is 3.39. The van der Waals surface area contributed by atoms with Crippen LogP contribution in [0.5, 0.6) is 0 Å². The van der Waals surface area contributed by atoms with Gasteiger partial charge in [0.15, 0.2) is 0 Å². The van der Waals surface area contributed by atoms with Gasteiger partial charge in [0.25, 0.3) is 0 Å². The van der Waals surface area contributed by atoms with Crippen LogP contribution in [-0.4, -0.2) is 36.7 Å². The molecule has 0 saturated carbocycles. The maximum atomic E-state index is 3.68. The third-order valence-electron chi connectivity index (χ3n) is 4.88. The molecule has 0 spiro atoms. The molecule has 29 heavy (non-hydrogen) atoms. The van der Waals surface area contributed by atoms with Gasteiger partial charge in [-0.1, -0.05) is 0 Å². The van der Waals surface area contributed by atoms with Gasteiger partial charge in [0.2, 0.25) is 0 Å². The monoisotopic (exact) mass is 543 g/mol. The summed E-state index contributed by atoms with van der Waals surface area (Å²) in [5.41, 5.74) is 0.776. The molecule has 0 bridgehead atoms. The summed E-state index contributed by atoms with van der Waals surface area (Å²) in [7, 11) is 0. The van der Waals surface area contributed by atoms with E-state index in [9.17, 15) is 0 Å². The van der Waals surface area contributed by atoms with Crippen molar-refractivity contribution in [3.05, 3.63) is 121 Å². The molecule has 0 aliphatic carbocycles. The number of hydrogen-bond donors (Lipinski definition) is 0. The minimum atomic E-state index is -1.86. The first-order valence-electron chi connectivity index (χ1n) is 9.42. The first kappa shape index (κ1) is 20.9. The van der Waals surface area contributed by atoms with Crippen molar-refractivity contribution in [3.63, 3.8) is 0 Å². The van der Waals surface area contributed by atoms with Crippen molar-refractivity contribution in [1.82, 2.24) is 0 Å². The van der Waals surface area contributed by atoms with Crippen molar-refractivity contribution in [2.45, 2.75) is 0 Å². The molecule has 4 aromatic rings. The molecule has 0 fully saturated rings. The molecule has 1 radical (unpaired) electrons. The predicted molar refractivity (Wildman–Crippen MR) is 136 cm³/mol. The van der Waals surface area contributed by atoms with Crippen LogP contribution in [0.3, 0.4) is 0 Å². The third-order valence-corrected chi connectivity index (χ3v) is 20.6. The minimum absolute atomic E-state index is 1.36. The van der Waals surface area contributed by atoms with E-state index in [2.05, 4.69) is 158 Å². The molecule has 0 aromatic heterocycles. The Morgan fingerprint density at radius 3 is 1.21 bits per heavy atom. The van der Waals surface area contributed by atoms with Gasteiger partial charge in [-0.25, -0.2) is 0 Å². The molecule has 0 N–H and O–H groups in total. The molecule has 0 aliphatic heterocycles. The molecule has 0 aliphatic rings. The Bertz CT molecular complexity index is 1030. The van der Waals surface area contributed by atoms with Crippen LogP contribution in [0, 0.1) is 0 Å². The summed E-state index contributed by atoms with van der Waals surface area (Å²) in [6.45, 7) is 0. The fraction of sp³-hybridized carbons (Fsp3) is 0. The second-order valence-electron chi connectivity index (χ2n) is 6.77. The van der Waals surface area contributed by atoms with Crippen LogP contribution in [0.1, 0.15) is 0 Å². The Hall–Kier alpha value is -1.35. The van der Waals surface area contributed by atoms with Crippen LogP contribution in [0.4, 0.5) is 0 Å². The van der Waals surface area contributed by atoms with Gasteiger partial charge in [0.1, 0.15) is 0 Å². The first-order valence-corrected chi connectivity index (χ1v) is 17.6. The molecular formula is C25H21P2Se2. The molecule has 4 heteroatoms. The van der Waals surface area contributed by atoms with Gasteiger partial charge in [0.05, 0.1) is 0 Å². The molecule has 0 heterocycles. The van der Waals surface area contributed by atoms with Gasteiger partial charge in [-0.15, -0.1) is 0 Å². The van der Waals surface area contributed by atoms with E-state index in [1.54, 1.807) is 0 Å². The van der Waals surface area contributed by atoms with E-state index in [1.807, 2.05) is 0 Å². The Balaban J connectivity index is 2.05. The molecule has 0 amide bonds. The van der Waals surface area contributed by atoms with Crippen molar-refractivity contribution in [1.29, 1.82) is 0 Å². The molecule has 0 atom stereocenters. The van der Waals surface area contributed by atoms with E-state index in [4.69, 9.17) is 0 Å². The van der Waals surface area contributed by atoms with E-state index in [-0.39, 0.29) is 0 Å². The van der Waals surface area contributed by atoms with Gasteiger partial charge >= 0.3 is 191 Å². The molecule has 143 valence electrons. The van der Waals surface area contributed by atoms with Gasteiger partial charge < -0.3 is 0 Å². The van der Waals surface area contributed by atoms with Gasteiger partial charge in [-0.2, -0.15) is 0 Å². The second kappa shape index (κ2) is 9.20. The Morgan fingerprint density at radius 1 is 0.552 bits per heavy atom. The van der Waals surface area contributed by atoms with Gasteiger partial charge in [-0.3, -0.25) is 0 Å². The second-order valence-corrected chi connectivity index (χ2v) is 19.6. The Labute approximate surface area is 189 Å². The molecule has 0 nitrogen and oxygen atoms in total. The number of hydrogen-bond acceptors (Lipinski definition) is 0. The van der Waals surface area contributed by atoms with E-state index in [0.717, 1.165) is 0 Å². The van der Waals surface area contributed by atoms with Crippen molar-refractivity contribution >= 4 is 69.4 Å². The summed E-state index contributed by atoms with van der Waals surface area (Å²) >= 11 is 7.36. The summed E-state index contributed by atoms with van der Waals surface area (Å²) in [4.78, 5) is 0. The van der Waals surface area contributed by atoms with Crippen molar-refractivity contribution < 1.29 is 0 Å². The molecule has 0 unspecified atom stereocenters. The van der Waals surface area contributed by atoms with E-state index >= 15 is 0 Å². The normalized spacial score (nSPS) is 11.8. The van der Waals surface area contributed by atoms with Crippen LogP contribution >= 0.6 is 11.5 Å². The zero-order valence-electron chi connectivity index (χ0n) is 15.8. The summed E-state index contributed by atoms with van der Waals surface area (Å²) in [5.74, 6) is -1.86. The average Bonchev–Trinajstić information content (AvgIpc) is 2.81. The van der Waals surface area contributed by atoms with Crippen LogP contribution in [-0.2, 0) is 0 Å². The van der Waals surface area contributed by atoms with Crippen LogP contribution < -0.4 is 21.2 Å². The first-order chi connectivity index (χ1) is 14.1. The number of benzene rings is 4. The quantitative estimate of drug-likeness (QED) is 0.262. The van der Waals surface area contributed by atoms with Crippen LogP contribution in [0.15, 0.2) is 121 Å². The molecule has 4 aromatic carbocycles. The third kappa shape index (κ3) is 4.40. The van der Waals surface area contributed by atoms with E-state index in [1.165, 1.54) is 21.2 Å². The predicted octanol–water partition coefficient (Wildman–Crippen LogP) is 4.25. The number of rotatable bonds is 5. The molecule has 0 saturated heterocycles. The summed E-state index contributed by atoms with van der Waals surface area (Å²) in [5, 5.41) is 5.44. The van der Waals surface area contributed by atoms with Gasteiger partial charge in [0, 0.05) is 0 Å². The summed E-state index contributed by atoms with van der Waals surface area (Å²) in [6.07, 6.45) is 0. The summed E-state index contributed by atoms with van der Waals surface area (Å²) in [6, 6.07) is 43.6. The topological polar surface area (TPSA) is 0 Å². The Kier molecular flexibility index (Phi) is 6.63. The van der Waals surface area contributed by atoms with Crippen molar-refractivity contribution in [2.24, 2.45) is 0 Å². The SMILES string of the molecule is [Se]P(=C[P+]([Se-])(c1ccccc1)c1ccccc1)(c1ccccc1)c1ccccc1. The van der Waals surface area contributed by atoms with Crippen LogP contribution in [0.25, 0.3) is 0 Å². The maximum absolute atomic E-state index is 3.68. The zero-order valence-corrected chi connectivity index (χ0v) is 21.1. The van der Waals surface area contributed by atoms with Crippen molar-refractivity contribution in [2.75, 3.05) is 0 Å². The van der Waals surface area contributed by atoms with Gasteiger partial charge in [-0.05, 0) is 0 Å². The van der Waals surface area contributed by atoms with Crippen molar-refractivity contribution in [3.8, 4) is 0 Å². The van der Waals surface area contributed by atoms with E-state index in [0.29, 0.717) is 0 Å². The molecular weight excluding hydrogens is 520 g/mol. The zero-order chi connectivity index (χ0) is 20.2. The average molecular weight is 541 g/mol. The molecule has 4 rings (SSSR count).